The Morgan fingerprint density at radius 3 is 3.00 bits per heavy atom. The fourth-order valence-corrected chi connectivity index (χ4v) is 3.49. The van der Waals surface area contributed by atoms with Gasteiger partial charge in [0.05, 0.1) is 12.5 Å². The van der Waals surface area contributed by atoms with Crippen molar-refractivity contribution >= 4 is 5.91 Å². The molecule has 0 saturated heterocycles. The lowest BCUT2D eigenvalue weighted by Crippen LogP contribution is -2.33. The summed E-state index contributed by atoms with van der Waals surface area (Å²) < 4.78 is 5.31. The van der Waals surface area contributed by atoms with Gasteiger partial charge in [0.15, 0.2) is 0 Å². The van der Waals surface area contributed by atoms with Gasteiger partial charge in [0.2, 0.25) is 17.6 Å². The number of carbonyl (C=O) groups is 1. The average Bonchev–Trinajstić information content (AvgIpc) is 3.16. The van der Waals surface area contributed by atoms with Gasteiger partial charge in [-0.15, -0.1) is 0 Å². The molecule has 0 bridgehead atoms. The smallest absolute Gasteiger partial charge is 0.246 e. The molecule has 4 rings (SSSR count). The molecule has 1 aliphatic rings. The van der Waals surface area contributed by atoms with Gasteiger partial charge in [0, 0.05) is 25.0 Å². The van der Waals surface area contributed by atoms with E-state index in [0.717, 1.165) is 30.4 Å². The van der Waals surface area contributed by atoms with Crippen LogP contribution in [0, 0.1) is 0 Å². The molecule has 2 aromatic heterocycles. The Balaban J connectivity index is 1.48. The summed E-state index contributed by atoms with van der Waals surface area (Å²) in [4.78, 5) is 23.1. The van der Waals surface area contributed by atoms with Crippen molar-refractivity contribution in [2.75, 3.05) is 7.05 Å². The Labute approximate surface area is 151 Å². The highest BCUT2D eigenvalue weighted by molar-refractivity contribution is 5.84. The lowest BCUT2D eigenvalue weighted by molar-refractivity contribution is -0.132. The van der Waals surface area contributed by atoms with Crippen molar-refractivity contribution in [2.45, 2.75) is 31.7 Å². The van der Waals surface area contributed by atoms with Crippen molar-refractivity contribution in [3.05, 3.63) is 65.8 Å². The number of aromatic nitrogens is 3. The fraction of sp³-hybridized carbons (Fsp3) is 0.300. The normalized spacial score (nSPS) is 16.1. The number of hydrogen-bond donors (Lipinski definition) is 0. The Morgan fingerprint density at radius 2 is 2.15 bits per heavy atom. The Hall–Kier alpha value is -3.02. The second-order valence-electron chi connectivity index (χ2n) is 6.59. The SMILES string of the molecule is CN(Cc1nc(-c2cccnc2)no1)C(=O)[C@@H]1CCCc2ccccc21. The summed E-state index contributed by atoms with van der Waals surface area (Å²) >= 11 is 0. The molecule has 1 atom stereocenters. The predicted molar refractivity (Wildman–Crippen MR) is 96.1 cm³/mol. The Kier molecular flexibility index (Phi) is 4.48. The largest absolute Gasteiger partial charge is 0.337 e. The molecule has 6 nitrogen and oxygen atoms in total. The van der Waals surface area contributed by atoms with Crippen molar-refractivity contribution in [3.63, 3.8) is 0 Å². The first-order chi connectivity index (χ1) is 12.7. The number of rotatable bonds is 4. The first kappa shape index (κ1) is 16.4. The summed E-state index contributed by atoms with van der Waals surface area (Å²) in [5.41, 5.74) is 3.22. The van der Waals surface area contributed by atoms with Crippen LogP contribution in [0.15, 0.2) is 53.3 Å². The standard InChI is InChI=1S/C20H20N4O2/c1-24(13-18-22-19(23-26-18)15-8-5-11-21-12-15)20(25)17-10-4-7-14-6-2-3-9-16(14)17/h2-3,5-6,8-9,11-12,17H,4,7,10,13H2,1H3/t17-/m1/s1. The van der Waals surface area contributed by atoms with E-state index in [9.17, 15) is 4.79 Å². The van der Waals surface area contributed by atoms with Gasteiger partial charge in [-0.3, -0.25) is 9.78 Å². The molecule has 0 saturated carbocycles. The minimum atomic E-state index is -0.0920. The van der Waals surface area contributed by atoms with Crippen LogP contribution in [0.25, 0.3) is 11.4 Å². The van der Waals surface area contributed by atoms with Gasteiger partial charge in [-0.1, -0.05) is 29.4 Å². The highest BCUT2D eigenvalue weighted by atomic mass is 16.5. The number of likely N-dealkylation sites (N-methyl/N-ethyl adjacent to an activating group) is 1. The number of aryl methyl sites for hydroxylation is 1. The second-order valence-corrected chi connectivity index (χ2v) is 6.59. The maximum Gasteiger partial charge on any atom is 0.246 e. The van der Waals surface area contributed by atoms with E-state index in [0.29, 0.717) is 18.3 Å². The number of benzene rings is 1. The van der Waals surface area contributed by atoms with Gasteiger partial charge < -0.3 is 9.42 Å². The molecule has 0 aliphatic heterocycles. The summed E-state index contributed by atoms with van der Waals surface area (Å²) in [6.45, 7) is 0.296. The second kappa shape index (κ2) is 7.07. The van der Waals surface area contributed by atoms with E-state index >= 15 is 0 Å². The molecular weight excluding hydrogens is 328 g/mol. The molecule has 0 radical (unpaired) electrons. The first-order valence-corrected chi connectivity index (χ1v) is 8.78. The number of carbonyl (C=O) groups excluding carboxylic acids is 1. The third kappa shape index (κ3) is 3.22. The summed E-state index contributed by atoms with van der Waals surface area (Å²) in [7, 11) is 1.79. The van der Waals surface area contributed by atoms with Crippen LogP contribution in [-0.4, -0.2) is 33.0 Å². The van der Waals surface area contributed by atoms with E-state index in [4.69, 9.17) is 4.52 Å². The lowest BCUT2D eigenvalue weighted by atomic mass is 9.82. The molecule has 26 heavy (non-hydrogen) atoms. The van der Waals surface area contributed by atoms with Crippen LogP contribution in [0.1, 0.15) is 35.8 Å². The fourth-order valence-electron chi connectivity index (χ4n) is 3.49. The molecule has 1 aliphatic carbocycles. The number of amides is 1. The third-order valence-corrected chi connectivity index (χ3v) is 4.80. The number of hydrogen-bond acceptors (Lipinski definition) is 5. The van der Waals surface area contributed by atoms with E-state index < -0.39 is 0 Å². The van der Waals surface area contributed by atoms with Gasteiger partial charge in [-0.05, 0) is 42.5 Å². The molecular formula is C20H20N4O2. The zero-order valence-electron chi connectivity index (χ0n) is 14.6. The Bertz CT molecular complexity index is 907. The maximum atomic E-state index is 13.0. The van der Waals surface area contributed by atoms with Gasteiger partial charge in [-0.25, -0.2) is 0 Å². The molecule has 6 heteroatoms. The molecule has 0 fully saturated rings. The third-order valence-electron chi connectivity index (χ3n) is 4.80. The van der Waals surface area contributed by atoms with Crippen molar-refractivity contribution in [2.24, 2.45) is 0 Å². The highest BCUT2D eigenvalue weighted by Crippen LogP contribution is 2.32. The van der Waals surface area contributed by atoms with Crippen molar-refractivity contribution in [1.82, 2.24) is 20.0 Å². The minimum absolute atomic E-state index is 0.0920. The van der Waals surface area contributed by atoms with Gasteiger partial charge in [-0.2, -0.15) is 4.98 Å². The molecule has 1 amide bonds. The monoisotopic (exact) mass is 348 g/mol. The van der Waals surface area contributed by atoms with E-state index in [1.807, 2.05) is 24.3 Å². The van der Waals surface area contributed by atoms with E-state index in [1.165, 1.54) is 5.56 Å². The molecule has 0 unspecified atom stereocenters. The first-order valence-electron chi connectivity index (χ1n) is 8.78. The topological polar surface area (TPSA) is 72.1 Å². The predicted octanol–water partition coefficient (Wildman–Crippen LogP) is 3.21. The summed E-state index contributed by atoms with van der Waals surface area (Å²) in [6, 6.07) is 11.9. The number of fused-ring (bicyclic) bond motifs is 1. The molecule has 132 valence electrons. The zero-order chi connectivity index (χ0) is 17.9. The van der Waals surface area contributed by atoms with Crippen LogP contribution in [0.5, 0.6) is 0 Å². The van der Waals surface area contributed by atoms with Gasteiger partial charge >= 0.3 is 0 Å². The zero-order valence-corrected chi connectivity index (χ0v) is 14.6. The van der Waals surface area contributed by atoms with Crippen molar-refractivity contribution in [3.8, 4) is 11.4 Å². The molecule has 1 aromatic carbocycles. The lowest BCUT2D eigenvalue weighted by Gasteiger charge is -2.28. The summed E-state index contributed by atoms with van der Waals surface area (Å²) in [5, 5.41) is 3.98. The highest BCUT2D eigenvalue weighted by Gasteiger charge is 2.29. The number of nitrogens with zero attached hydrogens (tertiary/aromatic N) is 4. The molecule has 3 aromatic rings. The average molecular weight is 348 g/mol. The van der Waals surface area contributed by atoms with Crippen LogP contribution in [0.3, 0.4) is 0 Å². The molecule has 0 spiro atoms. The number of pyridine rings is 1. The molecule has 2 heterocycles. The van der Waals surface area contributed by atoms with E-state index in [-0.39, 0.29) is 11.8 Å². The molecule has 0 N–H and O–H groups in total. The summed E-state index contributed by atoms with van der Waals surface area (Å²) in [6.07, 6.45) is 6.33. The van der Waals surface area contributed by atoms with Crippen LogP contribution in [0.4, 0.5) is 0 Å². The van der Waals surface area contributed by atoms with Crippen LogP contribution < -0.4 is 0 Å². The van der Waals surface area contributed by atoms with Crippen molar-refractivity contribution in [1.29, 1.82) is 0 Å². The van der Waals surface area contributed by atoms with Gasteiger partial charge in [0.1, 0.15) is 0 Å². The van der Waals surface area contributed by atoms with E-state index in [1.54, 1.807) is 24.3 Å². The van der Waals surface area contributed by atoms with Crippen LogP contribution >= 0.6 is 0 Å². The van der Waals surface area contributed by atoms with Crippen molar-refractivity contribution < 1.29 is 9.32 Å². The van der Waals surface area contributed by atoms with Crippen LogP contribution in [-0.2, 0) is 17.8 Å². The van der Waals surface area contributed by atoms with Crippen LogP contribution in [0.2, 0.25) is 0 Å². The Morgan fingerprint density at radius 1 is 1.27 bits per heavy atom. The minimum Gasteiger partial charge on any atom is -0.337 e. The maximum absolute atomic E-state index is 13.0. The summed E-state index contributed by atoms with van der Waals surface area (Å²) in [5.74, 6) is 0.907. The van der Waals surface area contributed by atoms with Gasteiger partial charge in [0.25, 0.3) is 0 Å². The van der Waals surface area contributed by atoms with E-state index in [2.05, 4.69) is 27.3 Å². The quantitative estimate of drug-likeness (QED) is 0.724.